The minimum atomic E-state index is -1.17. The van der Waals surface area contributed by atoms with E-state index >= 15 is 0 Å². The molecule has 0 aliphatic carbocycles. The summed E-state index contributed by atoms with van der Waals surface area (Å²) in [7, 11) is 0. The Kier molecular flexibility index (Phi) is 10.7. The highest BCUT2D eigenvalue weighted by molar-refractivity contribution is 5.85. The van der Waals surface area contributed by atoms with Gasteiger partial charge in [-0.05, 0) is 0 Å². The van der Waals surface area contributed by atoms with E-state index in [0.717, 1.165) is 0 Å². The van der Waals surface area contributed by atoms with E-state index in [0.29, 0.717) is 0 Å². The van der Waals surface area contributed by atoms with Gasteiger partial charge in [0, 0.05) is 13.3 Å². The molecule has 0 bridgehead atoms. The number of amidine groups is 1. The number of rotatable bonds is 5. The molecular weight excluding hydrogens is 265 g/mol. The molecular formula is C10H15ClFN3O3. The normalized spacial score (nSPS) is 11.6. The van der Waals surface area contributed by atoms with Crippen LogP contribution in [0.2, 0.25) is 0 Å². The summed E-state index contributed by atoms with van der Waals surface area (Å²) in [5.41, 5.74) is 5.09. The highest BCUT2D eigenvalue weighted by atomic mass is 35.5. The number of carbonyl (C=O) groups is 2. The number of aliphatic imine (C=N–C) groups is 1. The summed E-state index contributed by atoms with van der Waals surface area (Å²) in [5.74, 6) is 3.26. The van der Waals surface area contributed by atoms with Crippen LogP contribution in [0.15, 0.2) is 4.99 Å². The lowest BCUT2D eigenvalue weighted by molar-refractivity contribution is -0.141. The van der Waals surface area contributed by atoms with Gasteiger partial charge in [0.25, 0.3) is 0 Å². The summed E-state index contributed by atoms with van der Waals surface area (Å²) in [6.07, 6.45) is -0.0417. The second kappa shape index (κ2) is 10.4. The summed E-state index contributed by atoms with van der Waals surface area (Å²) in [6.45, 7) is 0.378. The number of aliphatic carboxylic acids is 1. The van der Waals surface area contributed by atoms with Crippen LogP contribution in [0.3, 0.4) is 0 Å². The predicted octanol–water partition coefficient (Wildman–Crippen LogP) is -0.282. The molecule has 4 N–H and O–H groups in total. The Hall–Kier alpha value is -1.81. The molecule has 8 heteroatoms. The molecule has 18 heavy (non-hydrogen) atoms. The largest absolute Gasteiger partial charge is 0.480 e. The lowest BCUT2D eigenvalue weighted by Crippen LogP contribution is -2.39. The number of carboxylic acids is 1. The number of nitrogens with one attached hydrogen (secondary N) is 1. The number of amides is 1. The zero-order valence-electron chi connectivity index (χ0n) is 9.77. The summed E-state index contributed by atoms with van der Waals surface area (Å²) < 4.78 is 11.8. The number of carboxylic acid groups (broad SMARTS) is 1. The van der Waals surface area contributed by atoms with E-state index in [1.807, 2.05) is 0 Å². The number of hydrogen-bond donors (Lipinski definition) is 3. The fraction of sp³-hybridized carbons (Fsp3) is 0.500. The van der Waals surface area contributed by atoms with Crippen molar-refractivity contribution in [1.29, 1.82) is 0 Å². The van der Waals surface area contributed by atoms with Crippen molar-refractivity contribution in [2.24, 2.45) is 10.7 Å². The first-order valence-corrected chi connectivity index (χ1v) is 4.77. The molecule has 0 heterocycles. The van der Waals surface area contributed by atoms with Crippen molar-refractivity contribution in [3.8, 4) is 11.8 Å². The van der Waals surface area contributed by atoms with Crippen molar-refractivity contribution in [2.75, 3.05) is 13.2 Å². The van der Waals surface area contributed by atoms with E-state index < -0.39 is 24.6 Å². The number of carbonyl (C=O) groups excluding carboxylic acids is 1. The van der Waals surface area contributed by atoms with Crippen molar-refractivity contribution in [2.45, 2.75) is 19.4 Å². The van der Waals surface area contributed by atoms with Gasteiger partial charge in [-0.2, -0.15) is 0 Å². The second-order valence-electron chi connectivity index (χ2n) is 3.09. The Labute approximate surface area is 110 Å². The van der Waals surface area contributed by atoms with Gasteiger partial charge < -0.3 is 16.2 Å². The number of halogens is 2. The van der Waals surface area contributed by atoms with Gasteiger partial charge >= 0.3 is 5.97 Å². The Balaban J connectivity index is 0. The van der Waals surface area contributed by atoms with Gasteiger partial charge in [0.15, 0.2) is 0 Å². The number of nitrogens with two attached hydrogens (primary N) is 1. The minimum Gasteiger partial charge on any atom is -0.480 e. The SMILES string of the molecule is CC(=O)NC(CC#CCN=C(N)CF)C(=O)O.Cl. The van der Waals surface area contributed by atoms with Crippen LogP contribution in [0.1, 0.15) is 13.3 Å². The Morgan fingerprint density at radius 2 is 2.11 bits per heavy atom. The van der Waals surface area contributed by atoms with E-state index in [9.17, 15) is 14.0 Å². The maximum absolute atomic E-state index is 11.8. The number of nitrogens with zero attached hydrogens (tertiary/aromatic N) is 1. The first-order valence-electron chi connectivity index (χ1n) is 4.77. The van der Waals surface area contributed by atoms with Crippen LogP contribution in [0.4, 0.5) is 4.39 Å². The maximum Gasteiger partial charge on any atom is 0.327 e. The Morgan fingerprint density at radius 3 is 2.56 bits per heavy atom. The summed E-state index contributed by atoms with van der Waals surface area (Å²) in [5, 5.41) is 11.0. The molecule has 102 valence electrons. The fourth-order valence-electron chi connectivity index (χ4n) is 0.859. The first kappa shape index (κ1) is 18.6. The number of alkyl halides is 1. The summed E-state index contributed by atoms with van der Waals surface area (Å²) >= 11 is 0. The van der Waals surface area contributed by atoms with Crippen LogP contribution in [0.25, 0.3) is 0 Å². The summed E-state index contributed by atoms with van der Waals surface area (Å²) in [6, 6.07) is -1.05. The lowest BCUT2D eigenvalue weighted by atomic mass is 10.2. The van der Waals surface area contributed by atoms with Crippen LogP contribution >= 0.6 is 12.4 Å². The van der Waals surface area contributed by atoms with Crippen molar-refractivity contribution in [3.05, 3.63) is 0 Å². The predicted molar refractivity (Wildman–Crippen MR) is 67.3 cm³/mol. The molecule has 0 aromatic rings. The quantitative estimate of drug-likeness (QED) is 0.366. The van der Waals surface area contributed by atoms with Gasteiger partial charge in [-0.15, -0.1) is 12.4 Å². The average molecular weight is 280 g/mol. The van der Waals surface area contributed by atoms with Crippen LogP contribution in [-0.2, 0) is 9.59 Å². The van der Waals surface area contributed by atoms with Gasteiger partial charge in [0.1, 0.15) is 25.1 Å². The Morgan fingerprint density at radius 1 is 1.50 bits per heavy atom. The van der Waals surface area contributed by atoms with Gasteiger partial charge in [0.2, 0.25) is 5.91 Å². The van der Waals surface area contributed by atoms with Crippen molar-refractivity contribution >= 4 is 30.1 Å². The van der Waals surface area contributed by atoms with Crippen molar-refractivity contribution in [3.63, 3.8) is 0 Å². The zero-order valence-corrected chi connectivity index (χ0v) is 10.6. The molecule has 1 unspecified atom stereocenters. The molecule has 0 aliphatic rings. The van der Waals surface area contributed by atoms with Crippen LogP contribution in [-0.4, -0.2) is 42.1 Å². The molecule has 1 amide bonds. The fourth-order valence-corrected chi connectivity index (χ4v) is 0.859. The first-order chi connectivity index (χ1) is 7.97. The van der Waals surface area contributed by atoms with Crippen molar-refractivity contribution < 1.29 is 19.1 Å². The third-order valence-electron chi connectivity index (χ3n) is 1.60. The van der Waals surface area contributed by atoms with Crippen molar-refractivity contribution in [1.82, 2.24) is 5.32 Å². The van der Waals surface area contributed by atoms with E-state index in [1.54, 1.807) is 0 Å². The Bertz CT molecular complexity index is 376. The topological polar surface area (TPSA) is 105 Å². The van der Waals surface area contributed by atoms with Crippen LogP contribution in [0.5, 0.6) is 0 Å². The molecule has 0 aromatic heterocycles. The molecule has 0 saturated carbocycles. The van der Waals surface area contributed by atoms with Crippen LogP contribution < -0.4 is 11.1 Å². The highest BCUT2D eigenvalue weighted by Crippen LogP contribution is 1.90. The third-order valence-corrected chi connectivity index (χ3v) is 1.60. The highest BCUT2D eigenvalue weighted by Gasteiger charge is 2.16. The van der Waals surface area contributed by atoms with Crippen LogP contribution in [0, 0.1) is 11.8 Å². The lowest BCUT2D eigenvalue weighted by Gasteiger charge is -2.08. The van der Waals surface area contributed by atoms with E-state index in [1.165, 1.54) is 6.92 Å². The van der Waals surface area contributed by atoms with Gasteiger partial charge in [-0.3, -0.25) is 9.79 Å². The van der Waals surface area contributed by atoms with Gasteiger partial charge in [-0.25, -0.2) is 9.18 Å². The monoisotopic (exact) mass is 279 g/mol. The molecule has 0 aliphatic heterocycles. The molecule has 0 radical (unpaired) electrons. The molecule has 1 atom stereocenters. The molecule has 0 spiro atoms. The van der Waals surface area contributed by atoms with E-state index in [-0.39, 0.29) is 31.2 Å². The molecule has 0 fully saturated rings. The standard InChI is InChI=1S/C10H14FN3O3.ClH/c1-7(15)14-8(10(16)17)4-2-3-5-13-9(12)6-11;/h8H,4-6H2,1H3,(H2,12,13)(H,14,15)(H,16,17);1H. The minimum absolute atomic E-state index is 0. The molecule has 0 rings (SSSR count). The van der Waals surface area contributed by atoms with E-state index in [4.69, 9.17) is 10.8 Å². The maximum atomic E-state index is 11.8. The van der Waals surface area contributed by atoms with Gasteiger partial charge in [-0.1, -0.05) is 11.8 Å². The second-order valence-corrected chi connectivity index (χ2v) is 3.09. The average Bonchev–Trinajstić information content (AvgIpc) is 2.25. The third kappa shape index (κ3) is 9.42. The molecule has 6 nitrogen and oxygen atoms in total. The zero-order chi connectivity index (χ0) is 13.3. The molecule has 0 saturated heterocycles. The smallest absolute Gasteiger partial charge is 0.327 e. The van der Waals surface area contributed by atoms with E-state index in [2.05, 4.69) is 22.2 Å². The van der Waals surface area contributed by atoms with Gasteiger partial charge in [0.05, 0.1) is 0 Å². The number of hydrogen-bond acceptors (Lipinski definition) is 3. The summed E-state index contributed by atoms with van der Waals surface area (Å²) in [4.78, 5) is 24.9. The molecule has 0 aromatic carbocycles.